The Hall–Kier alpha value is -1.03. The number of hydrogen-bond donors (Lipinski definition) is 2. The van der Waals surface area contributed by atoms with Gasteiger partial charge in [-0.2, -0.15) is 0 Å². The van der Waals surface area contributed by atoms with Gasteiger partial charge in [0.15, 0.2) is 5.11 Å². The van der Waals surface area contributed by atoms with Crippen LogP contribution in [0, 0.1) is 0 Å². The van der Waals surface area contributed by atoms with Crippen molar-refractivity contribution in [2.45, 2.75) is 0 Å². The molecule has 1 aliphatic rings. The lowest BCUT2D eigenvalue weighted by Gasteiger charge is -2.20. The van der Waals surface area contributed by atoms with Crippen molar-refractivity contribution in [3.63, 3.8) is 0 Å². The molecule has 3 N–H and O–H groups in total. The van der Waals surface area contributed by atoms with Crippen LogP contribution in [0.3, 0.4) is 0 Å². The third kappa shape index (κ3) is 3.39. The van der Waals surface area contributed by atoms with Crippen molar-refractivity contribution in [3.8, 4) is 0 Å². The highest BCUT2D eigenvalue weighted by atomic mass is 32.1. The van der Waals surface area contributed by atoms with E-state index >= 15 is 0 Å². The van der Waals surface area contributed by atoms with Gasteiger partial charge in [0.25, 0.3) is 0 Å². The number of nitrogens with two attached hydrogens (primary N) is 1. The SMILES string of the molecule is NC(=S)NCCN1C=CC=CC1. The normalized spacial score (nSPS) is 14.8. The van der Waals surface area contributed by atoms with Crippen molar-refractivity contribution >= 4 is 17.3 Å². The number of allylic oxidation sites excluding steroid dienone is 2. The summed E-state index contributed by atoms with van der Waals surface area (Å²) < 4.78 is 0. The van der Waals surface area contributed by atoms with Crippen LogP contribution in [-0.2, 0) is 0 Å². The molecule has 1 rings (SSSR count). The maximum atomic E-state index is 5.28. The molecule has 0 bridgehead atoms. The molecule has 0 aliphatic carbocycles. The zero-order valence-corrected chi connectivity index (χ0v) is 7.68. The summed E-state index contributed by atoms with van der Waals surface area (Å²) in [5, 5.41) is 3.27. The number of thiocarbonyl (C=S) groups is 1. The fourth-order valence-electron chi connectivity index (χ4n) is 0.996. The summed E-state index contributed by atoms with van der Waals surface area (Å²) in [6.45, 7) is 2.70. The minimum absolute atomic E-state index is 0.367. The van der Waals surface area contributed by atoms with Gasteiger partial charge in [-0.05, 0) is 24.5 Å². The minimum atomic E-state index is 0.367. The molecule has 0 aromatic carbocycles. The first-order chi connectivity index (χ1) is 5.79. The van der Waals surface area contributed by atoms with Gasteiger partial charge < -0.3 is 16.0 Å². The van der Waals surface area contributed by atoms with Gasteiger partial charge in [-0.1, -0.05) is 12.2 Å². The van der Waals surface area contributed by atoms with Crippen molar-refractivity contribution < 1.29 is 0 Å². The Balaban J connectivity index is 2.11. The molecule has 0 radical (unpaired) electrons. The third-order valence-electron chi connectivity index (χ3n) is 1.58. The third-order valence-corrected chi connectivity index (χ3v) is 1.73. The van der Waals surface area contributed by atoms with Gasteiger partial charge in [0.1, 0.15) is 0 Å². The van der Waals surface area contributed by atoms with E-state index in [4.69, 9.17) is 5.73 Å². The number of hydrogen-bond acceptors (Lipinski definition) is 2. The maximum Gasteiger partial charge on any atom is 0.163 e. The predicted molar refractivity (Wildman–Crippen MR) is 54.6 cm³/mol. The van der Waals surface area contributed by atoms with Crippen LogP contribution in [0.4, 0.5) is 0 Å². The molecule has 0 unspecified atom stereocenters. The fraction of sp³-hybridized carbons (Fsp3) is 0.375. The summed E-state index contributed by atoms with van der Waals surface area (Å²) >= 11 is 4.68. The number of nitrogens with one attached hydrogen (secondary N) is 1. The second kappa shape index (κ2) is 4.77. The quantitative estimate of drug-likeness (QED) is 0.614. The van der Waals surface area contributed by atoms with Crippen molar-refractivity contribution in [2.24, 2.45) is 5.73 Å². The highest BCUT2D eigenvalue weighted by Gasteiger charge is 1.97. The topological polar surface area (TPSA) is 41.3 Å². The Morgan fingerprint density at radius 1 is 1.58 bits per heavy atom. The average Bonchev–Trinajstić information content (AvgIpc) is 2.05. The molecule has 0 amide bonds. The molecule has 1 aliphatic heterocycles. The zero-order chi connectivity index (χ0) is 8.81. The standard InChI is InChI=1S/C8H13N3S/c9-8(12)10-4-7-11-5-2-1-3-6-11/h1-3,5H,4,6-7H2,(H3,9,10,12). The van der Waals surface area contributed by atoms with Crippen molar-refractivity contribution in [2.75, 3.05) is 19.6 Å². The maximum absolute atomic E-state index is 5.28. The molecule has 0 saturated carbocycles. The van der Waals surface area contributed by atoms with Crippen molar-refractivity contribution in [3.05, 3.63) is 24.4 Å². The average molecular weight is 183 g/mol. The molecule has 1 heterocycles. The minimum Gasteiger partial charge on any atom is -0.376 e. The predicted octanol–water partition coefficient (Wildman–Crippen LogP) is 0.205. The molecule has 12 heavy (non-hydrogen) atoms. The second-order valence-electron chi connectivity index (χ2n) is 2.56. The fourth-order valence-corrected chi connectivity index (χ4v) is 1.10. The Morgan fingerprint density at radius 2 is 2.42 bits per heavy atom. The lowest BCUT2D eigenvalue weighted by atomic mass is 10.3. The van der Waals surface area contributed by atoms with E-state index in [0.717, 1.165) is 19.6 Å². The van der Waals surface area contributed by atoms with Crippen molar-refractivity contribution in [1.82, 2.24) is 10.2 Å². The Kier molecular flexibility index (Phi) is 3.60. The van der Waals surface area contributed by atoms with E-state index in [1.54, 1.807) is 0 Å². The summed E-state index contributed by atoms with van der Waals surface area (Å²) in [4.78, 5) is 2.19. The monoisotopic (exact) mass is 183 g/mol. The van der Waals surface area contributed by atoms with Gasteiger partial charge in [-0.15, -0.1) is 0 Å². The van der Waals surface area contributed by atoms with E-state index in [-0.39, 0.29) is 0 Å². The van der Waals surface area contributed by atoms with Crippen LogP contribution < -0.4 is 11.1 Å². The molecule has 0 atom stereocenters. The van der Waals surface area contributed by atoms with Gasteiger partial charge in [0.05, 0.1) is 0 Å². The van der Waals surface area contributed by atoms with Gasteiger partial charge >= 0.3 is 0 Å². The smallest absolute Gasteiger partial charge is 0.163 e. The van der Waals surface area contributed by atoms with Crippen LogP contribution in [0.25, 0.3) is 0 Å². The first-order valence-corrected chi connectivity index (χ1v) is 4.30. The molecule has 0 aromatic rings. The van der Waals surface area contributed by atoms with Crippen molar-refractivity contribution in [1.29, 1.82) is 0 Å². The van der Waals surface area contributed by atoms with Gasteiger partial charge in [-0.3, -0.25) is 0 Å². The Morgan fingerprint density at radius 3 is 3.00 bits per heavy atom. The molecular formula is C8H13N3S. The van der Waals surface area contributed by atoms with Crippen LogP contribution in [0.15, 0.2) is 24.4 Å². The zero-order valence-electron chi connectivity index (χ0n) is 6.86. The summed E-state index contributed by atoms with van der Waals surface area (Å²) in [7, 11) is 0. The van der Waals surface area contributed by atoms with E-state index in [9.17, 15) is 0 Å². The Labute approximate surface area is 77.9 Å². The molecular weight excluding hydrogens is 170 g/mol. The van der Waals surface area contributed by atoms with E-state index in [0.29, 0.717) is 5.11 Å². The molecule has 0 fully saturated rings. The number of nitrogens with zero attached hydrogens (tertiary/aromatic N) is 1. The molecule has 3 nitrogen and oxygen atoms in total. The van der Waals surface area contributed by atoms with Gasteiger partial charge in [-0.25, -0.2) is 0 Å². The van der Waals surface area contributed by atoms with Crippen LogP contribution in [0.1, 0.15) is 0 Å². The van der Waals surface area contributed by atoms with Crippen LogP contribution >= 0.6 is 12.2 Å². The molecule has 66 valence electrons. The Bertz CT molecular complexity index is 210. The summed E-state index contributed by atoms with van der Waals surface area (Å²) in [5.41, 5.74) is 5.28. The molecule has 4 heteroatoms. The van der Waals surface area contributed by atoms with E-state index in [1.165, 1.54) is 0 Å². The highest BCUT2D eigenvalue weighted by molar-refractivity contribution is 7.80. The highest BCUT2D eigenvalue weighted by Crippen LogP contribution is 1.96. The molecule has 0 aromatic heterocycles. The van der Waals surface area contributed by atoms with Crippen LogP contribution in [0.2, 0.25) is 0 Å². The lowest BCUT2D eigenvalue weighted by Crippen LogP contribution is -2.35. The first kappa shape index (κ1) is 9.06. The molecule has 0 spiro atoms. The summed E-state index contributed by atoms with van der Waals surface area (Å²) in [6.07, 6.45) is 8.23. The van der Waals surface area contributed by atoms with Crippen LogP contribution in [-0.4, -0.2) is 29.6 Å². The van der Waals surface area contributed by atoms with E-state index < -0.39 is 0 Å². The largest absolute Gasteiger partial charge is 0.376 e. The van der Waals surface area contributed by atoms with Crippen LogP contribution in [0.5, 0.6) is 0 Å². The summed E-state index contributed by atoms with van der Waals surface area (Å²) in [6, 6.07) is 0. The first-order valence-electron chi connectivity index (χ1n) is 3.90. The lowest BCUT2D eigenvalue weighted by molar-refractivity contribution is 0.415. The number of rotatable bonds is 3. The van der Waals surface area contributed by atoms with E-state index in [1.807, 2.05) is 12.2 Å². The summed E-state index contributed by atoms with van der Waals surface area (Å²) in [5.74, 6) is 0. The van der Waals surface area contributed by atoms with Gasteiger partial charge in [0.2, 0.25) is 0 Å². The second-order valence-corrected chi connectivity index (χ2v) is 3.00. The van der Waals surface area contributed by atoms with Gasteiger partial charge in [0, 0.05) is 19.6 Å². The molecule has 0 saturated heterocycles. The van der Waals surface area contributed by atoms with E-state index in [2.05, 4.69) is 34.7 Å².